The summed E-state index contributed by atoms with van der Waals surface area (Å²) < 4.78 is 20.0. The number of carbonyl (C=O) groups excluding carboxylic acids is 2. The number of carbonyl (C=O) groups is 2. The summed E-state index contributed by atoms with van der Waals surface area (Å²) in [6.07, 6.45) is 0. The van der Waals surface area contributed by atoms with Gasteiger partial charge in [-0.25, -0.2) is 4.79 Å². The summed E-state index contributed by atoms with van der Waals surface area (Å²) in [4.78, 5) is 35.2. The number of nitrogens with zero attached hydrogens (tertiary/aromatic N) is 1. The number of esters is 1. The SMILES string of the molecule is COC(=O)c1cc(OC)c(OC)cc1NC(=O)c1ccc(OC)c([N+](=O)[O-])c1. The first kappa shape index (κ1) is 20.5. The fraction of sp³-hybridized carbons (Fsp3) is 0.222. The molecule has 0 aliphatic carbocycles. The van der Waals surface area contributed by atoms with Gasteiger partial charge in [0.15, 0.2) is 17.2 Å². The van der Waals surface area contributed by atoms with Crippen LogP contribution < -0.4 is 19.5 Å². The Hall–Kier alpha value is -3.82. The molecule has 10 nitrogen and oxygen atoms in total. The number of ether oxygens (including phenoxy) is 4. The summed E-state index contributed by atoms with van der Waals surface area (Å²) in [7, 11) is 5.27. The van der Waals surface area contributed by atoms with Crippen LogP contribution in [0.4, 0.5) is 11.4 Å². The van der Waals surface area contributed by atoms with Crippen LogP contribution in [0.5, 0.6) is 17.2 Å². The molecule has 0 aliphatic heterocycles. The van der Waals surface area contributed by atoms with Crippen molar-refractivity contribution in [3.8, 4) is 17.2 Å². The molecule has 28 heavy (non-hydrogen) atoms. The third kappa shape index (κ3) is 4.11. The van der Waals surface area contributed by atoms with Gasteiger partial charge in [-0.05, 0) is 12.1 Å². The minimum atomic E-state index is -0.711. The van der Waals surface area contributed by atoms with Gasteiger partial charge in [0, 0.05) is 23.8 Å². The van der Waals surface area contributed by atoms with E-state index in [1.807, 2.05) is 0 Å². The molecule has 148 valence electrons. The Morgan fingerprint density at radius 2 is 1.54 bits per heavy atom. The second-order valence-electron chi connectivity index (χ2n) is 5.34. The van der Waals surface area contributed by atoms with E-state index < -0.39 is 16.8 Å². The third-order valence-corrected chi connectivity index (χ3v) is 3.81. The van der Waals surface area contributed by atoms with Gasteiger partial charge in [-0.3, -0.25) is 14.9 Å². The van der Waals surface area contributed by atoms with Crippen LogP contribution in [0.25, 0.3) is 0 Å². The highest BCUT2D eigenvalue weighted by Crippen LogP contribution is 2.34. The molecule has 0 aromatic heterocycles. The molecule has 0 fully saturated rings. The third-order valence-electron chi connectivity index (χ3n) is 3.81. The Kier molecular flexibility index (Phi) is 6.38. The maximum Gasteiger partial charge on any atom is 0.340 e. The van der Waals surface area contributed by atoms with Gasteiger partial charge < -0.3 is 24.3 Å². The van der Waals surface area contributed by atoms with Crippen LogP contribution in [-0.4, -0.2) is 45.2 Å². The van der Waals surface area contributed by atoms with Gasteiger partial charge in [0.1, 0.15) is 0 Å². The Labute approximate surface area is 160 Å². The number of amides is 1. The first-order valence-corrected chi connectivity index (χ1v) is 7.84. The van der Waals surface area contributed by atoms with Crippen LogP contribution >= 0.6 is 0 Å². The molecule has 0 aliphatic rings. The smallest absolute Gasteiger partial charge is 0.340 e. The van der Waals surface area contributed by atoms with Gasteiger partial charge in [-0.1, -0.05) is 0 Å². The predicted octanol–water partition coefficient (Wildman–Crippen LogP) is 2.66. The molecule has 0 unspecified atom stereocenters. The fourth-order valence-corrected chi connectivity index (χ4v) is 2.43. The molecule has 1 N–H and O–H groups in total. The molecule has 2 aromatic rings. The van der Waals surface area contributed by atoms with Gasteiger partial charge in [-0.15, -0.1) is 0 Å². The van der Waals surface area contributed by atoms with Crippen LogP contribution in [0.1, 0.15) is 20.7 Å². The standard InChI is InChI=1S/C18H18N2O8/c1-25-14-6-5-10(7-13(14)20(23)24)17(21)19-12-9-16(27-3)15(26-2)8-11(12)18(22)28-4/h5-9H,1-4H3,(H,19,21). The molecule has 0 atom stereocenters. The van der Waals surface area contributed by atoms with Gasteiger partial charge in [0.05, 0.1) is 44.6 Å². The molecule has 0 saturated carbocycles. The van der Waals surface area contributed by atoms with Crippen molar-refractivity contribution in [3.63, 3.8) is 0 Å². The minimum Gasteiger partial charge on any atom is -0.493 e. The van der Waals surface area contributed by atoms with E-state index >= 15 is 0 Å². The first-order chi connectivity index (χ1) is 13.4. The lowest BCUT2D eigenvalue weighted by molar-refractivity contribution is -0.385. The van der Waals surface area contributed by atoms with Crippen LogP contribution in [-0.2, 0) is 4.74 Å². The zero-order valence-electron chi connectivity index (χ0n) is 15.6. The van der Waals surface area contributed by atoms with E-state index in [2.05, 4.69) is 5.32 Å². The van der Waals surface area contributed by atoms with Crippen molar-refractivity contribution in [2.75, 3.05) is 33.8 Å². The van der Waals surface area contributed by atoms with E-state index in [-0.39, 0.29) is 39.8 Å². The van der Waals surface area contributed by atoms with Crippen LogP contribution in [0.3, 0.4) is 0 Å². The van der Waals surface area contributed by atoms with Crippen LogP contribution in [0.2, 0.25) is 0 Å². The van der Waals surface area contributed by atoms with Gasteiger partial charge in [0.25, 0.3) is 5.91 Å². The number of nitro groups is 1. The summed E-state index contributed by atoms with van der Waals surface area (Å²) in [5.41, 5.74) is -0.252. The maximum absolute atomic E-state index is 12.6. The van der Waals surface area contributed by atoms with E-state index in [1.165, 1.54) is 52.7 Å². The lowest BCUT2D eigenvalue weighted by Crippen LogP contribution is -2.16. The molecule has 1 amide bonds. The van der Waals surface area contributed by atoms with Crippen molar-refractivity contribution < 1.29 is 33.5 Å². The van der Waals surface area contributed by atoms with Crippen LogP contribution in [0.15, 0.2) is 30.3 Å². The summed E-state index contributed by atoms with van der Waals surface area (Å²) in [6, 6.07) is 6.49. The average molecular weight is 390 g/mol. The van der Waals surface area contributed by atoms with Gasteiger partial charge in [-0.2, -0.15) is 0 Å². The molecule has 0 heterocycles. The number of rotatable bonds is 7. The summed E-state index contributed by atoms with van der Waals surface area (Å²) >= 11 is 0. The highest BCUT2D eigenvalue weighted by molar-refractivity contribution is 6.08. The lowest BCUT2D eigenvalue weighted by atomic mass is 10.1. The summed E-state index contributed by atoms with van der Waals surface area (Å²) in [5, 5.41) is 13.7. The van der Waals surface area contributed by atoms with Crippen molar-refractivity contribution in [2.24, 2.45) is 0 Å². The average Bonchev–Trinajstić information content (AvgIpc) is 2.71. The van der Waals surface area contributed by atoms with E-state index in [0.717, 1.165) is 6.07 Å². The van der Waals surface area contributed by atoms with Crippen molar-refractivity contribution >= 4 is 23.3 Å². The minimum absolute atomic E-state index is 0.00176. The van der Waals surface area contributed by atoms with Crippen molar-refractivity contribution in [2.45, 2.75) is 0 Å². The number of methoxy groups -OCH3 is 4. The Balaban J connectivity index is 2.46. The molecule has 0 radical (unpaired) electrons. The quantitative estimate of drug-likeness (QED) is 0.434. The summed E-state index contributed by atoms with van der Waals surface area (Å²) in [5.74, 6) is -0.838. The number of hydrogen-bond acceptors (Lipinski definition) is 8. The number of hydrogen-bond donors (Lipinski definition) is 1. The molecular weight excluding hydrogens is 372 g/mol. The molecule has 0 bridgehead atoms. The molecule has 2 aromatic carbocycles. The topological polar surface area (TPSA) is 126 Å². The van der Waals surface area contributed by atoms with E-state index in [9.17, 15) is 19.7 Å². The molecule has 2 rings (SSSR count). The van der Waals surface area contributed by atoms with Crippen molar-refractivity contribution in [1.82, 2.24) is 0 Å². The normalized spacial score (nSPS) is 10.0. The molecule has 0 saturated heterocycles. The van der Waals surface area contributed by atoms with E-state index in [1.54, 1.807) is 0 Å². The zero-order chi connectivity index (χ0) is 20.8. The molecule has 10 heteroatoms. The Bertz CT molecular complexity index is 926. The van der Waals surface area contributed by atoms with E-state index in [4.69, 9.17) is 18.9 Å². The number of nitro benzene ring substituents is 1. The number of benzene rings is 2. The van der Waals surface area contributed by atoms with Crippen molar-refractivity contribution in [3.05, 3.63) is 51.6 Å². The number of anilines is 1. The van der Waals surface area contributed by atoms with Gasteiger partial charge >= 0.3 is 11.7 Å². The van der Waals surface area contributed by atoms with Crippen molar-refractivity contribution in [1.29, 1.82) is 0 Å². The maximum atomic E-state index is 12.6. The largest absolute Gasteiger partial charge is 0.493 e. The van der Waals surface area contributed by atoms with Crippen LogP contribution in [0, 0.1) is 10.1 Å². The summed E-state index contributed by atoms with van der Waals surface area (Å²) in [6.45, 7) is 0. The first-order valence-electron chi connectivity index (χ1n) is 7.84. The fourth-order valence-electron chi connectivity index (χ4n) is 2.43. The Morgan fingerprint density at radius 1 is 0.929 bits per heavy atom. The molecule has 0 spiro atoms. The second kappa shape index (κ2) is 8.71. The predicted molar refractivity (Wildman–Crippen MR) is 98.5 cm³/mol. The molecular formula is C18H18N2O8. The Morgan fingerprint density at radius 3 is 2.07 bits per heavy atom. The highest BCUT2D eigenvalue weighted by atomic mass is 16.6. The second-order valence-corrected chi connectivity index (χ2v) is 5.34. The monoisotopic (exact) mass is 390 g/mol. The lowest BCUT2D eigenvalue weighted by Gasteiger charge is -2.14. The van der Waals surface area contributed by atoms with Gasteiger partial charge in [0.2, 0.25) is 0 Å². The highest BCUT2D eigenvalue weighted by Gasteiger charge is 2.22. The van der Waals surface area contributed by atoms with E-state index in [0.29, 0.717) is 0 Å². The zero-order valence-corrected chi connectivity index (χ0v) is 15.6. The number of nitrogens with one attached hydrogen (secondary N) is 1.